The van der Waals surface area contributed by atoms with E-state index in [2.05, 4.69) is 24.9 Å². The molecule has 3 unspecified atom stereocenters. The SMILES string of the molecule is C=CCOc1cccc2cc(C(C)NCC3CCCCC3O)oc12. The van der Waals surface area contributed by atoms with Crippen molar-refractivity contribution in [1.82, 2.24) is 5.32 Å². The Morgan fingerprint density at radius 2 is 2.25 bits per heavy atom. The van der Waals surface area contributed by atoms with Gasteiger partial charge in [-0.1, -0.05) is 37.6 Å². The van der Waals surface area contributed by atoms with Crippen LogP contribution in [0.25, 0.3) is 11.0 Å². The van der Waals surface area contributed by atoms with Crippen LogP contribution in [-0.4, -0.2) is 24.4 Å². The second kappa shape index (κ2) is 7.86. The molecule has 1 aliphatic rings. The molecule has 130 valence electrons. The van der Waals surface area contributed by atoms with Gasteiger partial charge in [0, 0.05) is 11.9 Å². The minimum Gasteiger partial charge on any atom is -0.486 e. The van der Waals surface area contributed by atoms with Gasteiger partial charge in [-0.05, 0) is 37.8 Å². The van der Waals surface area contributed by atoms with Crippen molar-refractivity contribution in [2.24, 2.45) is 5.92 Å². The number of rotatable bonds is 7. The topological polar surface area (TPSA) is 54.6 Å². The van der Waals surface area contributed by atoms with Gasteiger partial charge in [0.1, 0.15) is 12.4 Å². The molecule has 0 spiro atoms. The Morgan fingerprint density at radius 3 is 3.04 bits per heavy atom. The van der Waals surface area contributed by atoms with Crippen LogP contribution in [0.4, 0.5) is 0 Å². The zero-order valence-electron chi connectivity index (χ0n) is 14.3. The summed E-state index contributed by atoms with van der Waals surface area (Å²) in [5.41, 5.74) is 0.778. The number of aliphatic hydroxyl groups excluding tert-OH is 1. The fraction of sp³-hybridized carbons (Fsp3) is 0.500. The lowest BCUT2D eigenvalue weighted by molar-refractivity contribution is 0.0680. The van der Waals surface area contributed by atoms with Crippen LogP contribution in [0.3, 0.4) is 0 Å². The highest BCUT2D eigenvalue weighted by molar-refractivity contribution is 5.83. The zero-order valence-corrected chi connectivity index (χ0v) is 14.3. The fourth-order valence-corrected chi connectivity index (χ4v) is 3.39. The van der Waals surface area contributed by atoms with E-state index in [1.54, 1.807) is 6.08 Å². The molecule has 1 aromatic heterocycles. The number of hydrogen-bond acceptors (Lipinski definition) is 4. The Hall–Kier alpha value is -1.78. The standard InChI is InChI=1S/C20H27NO3/c1-3-11-23-18-10-6-8-15-12-19(24-20(15)18)14(2)21-13-16-7-4-5-9-17(16)22/h3,6,8,10,12,14,16-17,21-22H,1,4-5,7,9,11,13H2,2H3. The number of ether oxygens (including phenoxy) is 1. The van der Waals surface area contributed by atoms with Crippen molar-refractivity contribution in [3.8, 4) is 5.75 Å². The molecule has 24 heavy (non-hydrogen) atoms. The smallest absolute Gasteiger partial charge is 0.176 e. The first-order valence-corrected chi connectivity index (χ1v) is 8.86. The number of hydrogen-bond donors (Lipinski definition) is 2. The van der Waals surface area contributed by atoms with Crippen molar-refractivity contribution in [2.75, 3.05) is 13.2 Å². The summed E-state index contributed by atoms with van der Waals surface area (Å²) in [5.74, 6) is 1.98. The Kier molecular flexibility index (Phi) is 5.59. The lowest BCUT2D eigenvalue weighted by Crippen LogP contribution is -2.34. The van der Waals surface area contributed by atoms with Crippen molar-refractivity contribution in [1.29, 1.82) is 0 Å². The second-order valence-corrected chi connectivity index (χ2v) is 6.66. The Labute approximate surface area is 143 Å². The molecule has 1 aromatic carbocycles. The van der Waals surface area contributed by atoms with E-state index in [0.29, 0.717) is 12.5 Å². The molecule has 0 bridgehead atoms. The van der Waals surface area contributed by atoms with Crippen molar-refractivity contribution in [2.45, 2.75) is 44.8 Å². The molecule has 2 N–H and O–H groups in total. The summed E-state index contributed by atoms with van der Waals surface area (Å²) < 4.78 is 11.7. The summed E-state index contributed by atoms with van der Waals surface area (Å²) in [6.07, 6.45) is 5.93. The summed E-state index contributed by atoms with van der Waals surface area (Å²) in [4.78, 5) is 0. The van der Waals surface area contributed by atoms with Crippen LogP contribution in [-0.2, 0) is 0 Å². The average molecular weight is 329 g/mol. The van der Waals surface area contributed by atoms with Crippen LogP contribution in [0.5, 0.6) is 5.75 Å². The van der Waals surface area contributed by atoms with E-state index in [-0.39, 0.29) is 12.1 Å². The van der Waals surface area contributed by atoms with Crippen LogP contribution in [0.2, 0.25) is 0 Å². The number of fused-ring (bicyclic) bond motifs is 1. The molecule has 1 saturated carbocycles. The third-order valence-electron chi connectivity index (χ3n) is 4.87. The quantitative estimate of drug-likeness (QED) is 0.748. The summed E-state index contributed by atoms with van der Waals surface area (Å²) in [5, 5.41) is 14.6. The molecule has 0 saturated heterocycles. The van der Waals surface area contributed by atoms with Crippen LogP contribution in [0, 0.1) is 5.92 Å². The number of aliphatic hydroxyl groups is 1. The number of nitrogens with one attached hydrogen (secondary N) is 1. The molecule has 0 radical (unpaired) electrons. The van der Waals surface area contributed by atoms with Gasteiger partial charge in [-0.15, -0.1) is 0 Å². The molecule has 1 fully saturated rings. The van der Waals surface area contributed by atoms with E-state index in [1.165, 1.54) is 6.42 Å². The summed E-state index contributed by atoms with van der Waals surface area (Å²) in [6.45, 7) is 7.05. The molecule has 1 heterocycles. The predicted octanol–water partition coefficient (Wildman–Crippen LogP) is 4.20. The van der Waals surface area contributed by atoms with Gasteiger partial charge in [0.15, 0.2) is 11.3 Å². The van der Waals surface area contributed by atoms with Gasteiger partial charge in [-0.25, -0.2) is 0 Å². The molecule has 1 aliphatic carbocycles. The molecule has 3 atom stereocenters. The number of para-hydroxylation sites is 1. The van der Waals surface area contributed by atoms with Gasteiger partial charge in [0.25, 0.3) is 0 Å². The van der Waals surface area contributed by atoms with Gasteiger partial charge in [0.05, 0.1) is 12.1 Å². The zero-order chi connectivity index (χ0) is 16.9. The fourth-order valence-electron chi connectivity index (χ4n) is 3.39. The maximum absolute atomic E-state index is 10.1. The van der Waals surface area contributed by atoms with Gasteiger partial charge < -0.3 is 19.6 Å². The maximum atomic E-state index is 10.1. The summed E-state index contributed by atoms with van der Waals surface area (Å²) >= 11 is 0. The van der Waals surface area contributed by atoms with Gasteiger partial charge in [-0.3, -0.25) is 0 Å². The van der Waals surface area contributed by atoms with Crippen molar-refractivity contribution >= 4 is 11.0 Å². The number of furan rings is 1. The van der Waals surface area contributed by atoms with Crippen LogP contribution >= 0.6 is 0 Å². The van der Waals surface area contributed by atoms with Crippen molar-refractivity contribution in [3.63, 3.8) is 0 Å². The first-order chi connectivity index (χ1) is 11.7. The molecule has 4 heteroatoms. The van der Waals surface area contributed by atoms with Crippen LogP contribution in [0.1, 0.15) is 44.4 Å². The highest BCUT2D eigenvalue weighted by Crippen LogP contribution is 2.31. The maximum Gasteiger partial charge on any atom is 0.176 e. The largest absolute Gasteiger partial charge is 0.486 e. The van der Waals surface area contributed by atoms with E-state index in [4.69, 9.17) is 9.15 Å². The van der Waals surface area contributed by atoms with E-state index in [0.717, 1.165) is 48.3 Å². The predicted molar refractivity (Wildman–Crippen MR) is 96.3 cm³/mol. The lowest BCUT2D eigenvalue weighted by atomic mass is 9.86. The Morgan fingerprint density at radius 1 is 1.42 bits per heavy atom. The highest BCUT2D eigenvalue weighted by atomic mass is 16.5. The molecular formula is C20H27NO3. The molecular weight excluding hydrogens is 302 g/mol. The van der Waals surface area contributed by atoms with Crippen molar-refractivity contribution < 1.29 is 14.3 Å². The first kappa shape index (κ1) is 17.1. The third kappa shape index (κ3) is 3.82. The minimum absolute atomic E-state index is 0.0961. The molecule has 4 nitrogen and oxygen atoms in total. The molecule has 2 aromatic rings. The lowest BCUT2D eigenvalue weighted by Gasteiger charge is -2.28. The second-order valence-electron chi connectivity index (χ2n) is 6.66. The van der Waals surface area contributed by atoms with E-state index in [1.807, 2.05) is 18.2 Å². The van der Waals surface area contributed by atoms with E-state index >= 15 is 0 Å². The van der Waals surface area contributed by atoms with Crippen molar-refractivity contribution in [3.05, 3.63) is 42.7 Å². The molecule has 0 amide bonds. The van der Waals surface area contributed by atoms with Gasteiger partial charge in [0.2, 0.25) is 0 Å². The molecule has 3 rings (SSSR count). The van der Waals surface area contributed by atoms with E-state index in [9.17, 15) is 5.11 Å². The Bertz CT molecular complexity index is 679. The summed E-state index contributed by atoms with van der Waals surface area (Å²) in [7, 11) is 0. The Balaban J connectivity index is 1.68. The van der Waals surface area contributed by atoms with Gasteiger partial charge in [-0.2, -0.15) is 0 Å². The van der Waals surface area contributed by atoms with E-state index < -0.39 is 0 Å². The summed E-state index contributed by atoms with van der Waals surface area (Å²) in [6, 6.07) is 8.07. The molecule has 0 aliphatic heterocycles. The minimum atomic E-state index is -0.173. The third-order valence-corrected chi connectivity index (χ3v) is 4.87. The average Bonchev–Trinajstić information content (AvgIpc) is 3.04. The highest BCUT2D eigenvalue weighted by Gasteiger charge is 2.24. The van der Waals surface area contributed by atoms with Crippen LogP contribution < -0.4 is 10.1 Å². The number of benzene rings is 1. The normalized spacial score (nSPS) is 22.4. The monoisotopic (exact) mass is 329 g/mol. The van der Waals surface area contributed by atoms with Gasteiger partial charge >= 0.3 is 0 Å². The first-order valence-electron chi connectivity index (χ1n) is 8.86. The van der Waals surface area contributed by atoms with Crippen LogP contribution in [0.15, 0.2) is 41.3 Å².